The van der Waals surface area contributed by atoms with Crippen molar-refractivity contribution in [2.24, 2.45) is 10.5 Å². The van der Waals surface area contributed by atoms with Crippen LogP contribution in [0.5, 0.6) is 5.88 Å². The molecule has 0 bridgehead atoms. The van der Waals surface area contributed by atoms with Crippen LogP contribution in [0.1, 0.15) is 32.6 Å². The molecule has 0 amide bonds. The summed E-state index contributed by atoms with van der Waals surface area (Å²) in [4.78, 5) is 4.49. The topological polar surface area (TPSA) is 109 Å². The molecule has 1 aromatic carbocycles. The molecule has 3 aromatic rings. The summed E-state index contributed by atoms with van der Waals surface area (Å²) >= 11 is 0. The maximum atomic E-state index is 15.3. The van der Waals surface area contributed by atoms with Gasteiger partial charge in [0.15, 0.2) is 5.82 Å². The van der Waals surface area contributed by atoms with Gasteiger partial charge in [0.2, 0.25) is 11.8 Å². The Kier molecular flexibility index (Phi) is 6.45. The third-order valence-corrected chi connectivity index (χ3v) is 7.11. The van der Waals surface area contributed by atoms with E-state index in [9.17, 15) is 8.78 Å². The van der Waals surface area contributed by atoms with E-state index in [0.29, 0.717) is 22.4 Å². The van der Waals surface area contributed by atoms with Crippen LogP contribution in [0.2, 0.25) is 0 Å². The van der Waals surface area contributed by atoms with Gasteiger partial charge in [-0.3, -0.25) is 0 Å². The molecule has 12 heteroatoms. The van der Waals surface area contributed by atoms with Crippen LogP contribution in [0.25, 0.3) is 16.6 Å². The van der Waals surface area contributed by atoms with Crippen molar-refractivity contribution in [1.29, 1.82) is 5.53 Å². The van der Waals surface area contributed by atoms with Crippen LogP contribution in [-0.4, -0.2) is 53.4 Å². The summed E-state index contributed by atoms with van der Waals surface area (Å²) in [5.74, 6) is -0.0632. The van der Waals surface area contributed by atoms with Gasteiger partial charge in [-0.05, 0) is 50.3 Å². The number of anilines is 2. The molecule has 5 rings (SSSR count). The lowest BCUT2D eigenvalue weighted by Gasteiger charge is -2.46. The fraction of sp³-hybridized carbons (Fsp3) is 0.500. The summed E-state index contributed by atoms with van der Waals surface area (Å²) in [5.41, 5.74) is 8.87. The zero-order valence-corrected chi connectivity index (χ0v) is 20.0. The number of aromatic nitrogens is 3. The number of fused-ring (bicyclic) bond motifs is 1. The van der Waals surface area contributed by atoms with Gasteiger partial charge in [0, 0.05) is 11.5 Å². The number of methoxy groups -OCH3 is 1. The highest BCUT2D eigenvalue weighted by atomic mass is 19.3. The first kappa shape index (κ1) is 24.3. The van der Waals surface area contributed by atoms with E-state index in [1.54, 1.807) is 6.07 Å². The van der Waals surface area contributed by atoms with Gasteiger partial charge >= 0.3 is 0 Å². The number of benzene rings is 1. The lowest BCUT2D eigenvalue weighted by Crippen LogP contribution is -2.47. The van der Waals surface area contributed by atoms with E-state index in [1.165, 1.54) is 36.9 Å². The smallest absolute Gasteiger partial charge is 0.258 e. The Labute approximate surface area is 205 Å². The third-order valence-electron chi connectivity index (χ3n) is 7.11. The second-order valence-corrected chi connectivity index (χ2v) is 9.61. The quantitative estimate of drug-likeness (QED) is 0.343. The minimum Gasteiger partial charge on any atom is -0.479 e. The number of rotatable bonds is 8. The van der Waals surface area contributed by atoms with Gasteiger partial charge in [0.25, 0.3) is 6.43 Å². The van der Waals surface area contributed by atoms with Crippen LogP contribution in [0, 0.1) is 16.8 Å². The monoisotopic (exact) mass is 503 g/mol. The van der Waals surface area contributed by atoms with Gasteiger partial charge in [-0.2, -0.15) is 10.1 Å². The third kappa shape index (κ3) is 4.45. The number of hydrogen-bond donors (Lipinski definition) is 3. The van der Waals surface area contributed by atoms with Crippen molar-refractivity contribution >= 4 is 22.8 Å². The summed E-state index contributed by atoms with van der Waals surface area (Å²) < 4.78 is 53.8. The lowest BCUT2D eigenvalue weighted by molar-refractivity contribution is -0.131. The molecule has 2 aliphatic rings. The van der Waals surface area contributed by atoms with Gasteiger partial charge in [0.05, 0.1) is 43.8 Å². The maximum Gasteiger partial charge on any atom is 0.258 e. The second kappa shape index (κ2) is 9.57. The van der Waals surface area contributed by atoms with Gasteiger partial charge < -0.3 is 20.1 Å². The number of hydrogen-bond acceptors (Lipinski definition) is 8. The highest BCUT2D eigenvalue weighted by molar-refractivity contribution is 5.88. The largest absolute Gasteiger partial charge is 0.479 e. The molecule has 36 heavy (non-hydrogen) atoms. The van der Waals surface area contributed by atoms with E-state index in [0.717, 1.165) is 38.9 Å². The van der Waals surface area contributed by atoms with Crippen LogP contribution in [0.15, 0.2) is 29.5 Å². The van der Waals surface area contributed by atoms with E-state index >= 15 is 4.39 Å². The van der Waals surface area contributed by atoms with Crippen LogP contribution in [-0.2, 0) is 4.74 Å². The lowest BCUT2D eigenvalue weighted by atomic mass is 9.71. The van der Waals surface area contributed by atoms with E-state index in [4.69, 9.17) is 15.0 Å². The van der Waals surface area contributed by atoms with Crippen molar-refractivity contribution in [3.63, 3.8) is 0 Å². The summed E-state index contributed by atoms with van der Waals surface area (Å²) in [5, 5.41) is 13.9. The fourth-order valence-electron chi connectivity index (χ4n) is 4.95. The zero-order chi connectivity index (χ0) is 25.4. The molecule has 1 atom stereocenters. The SMILES string of the molecule is COc1nc(NC2CCC3(CC2)COC3)nn2cc(F)c(-c3ccc(N=N)c(N[C@@H](C)C(F)F)c3)c12. The van der Waals surface area contributed by atoms with Gasteiger partial charge in [-0.15, -0.1) is 5.10 Å². The highest BCUT2D eigenvalue weighted by Crippen LogP contribution is 2.43. The van der Waals surface area contributed by atoms with E-state index in [1.807, 2.05) is 0 Å². The Hall–Kier alpha value is -3.41. The molecular weight excluding hydrogens is 475 g/mol. The Morgan fingerprint density at radius 1 is 1.28 bits per heavy atom. The Bertz CT molecular complexity index is 1270. The molecule has 1 spiro atoms. The molecule has 9 nitrogen and oxygen atoms in total. The first-order chi connectivity index (χ1) is 17.3. The molecule has 1 saturated heterocycles. The van der Waals surface area contributed by atoms with Crippen LogP contribution in [0.3, 0.4) is 0 Å². The predicted molar refractivity (Wildman–Crippen MR) is 128 cm³/mol. The molecule has 192 valence electrons. The van der Waals surface area contributed by atoms with Crippen molar-refractivity contribution < 1.29 is 22.6 Å². The Morgan fingerprint density at radius 2 is 2.03 bits per heavy atom. The molecule has 0 radical (unpaired) electrons. The standard InChI is InChI=1S/C24H28F3N7O2/c1-13(21(26)27)29-18-9-14(3-4-17(18)32-28)19-16(25)10-34-20(19)22(35-2)31-23(33-34)30-15-5-7-24(8-6-15)11-36-12-24/h3-4,9-10,13,15,21,28-29H,5-8,11-12H2,1-2H3,(H,30,33)/t13-/m0/s1. The fourth-order valence-corrected chi connectivity index (χ4v) is 4.95. The average molecular weight is 504 g/mol. The summed E-state index contributed by atoms with van der Waals surface area (Å²) in [6.07, 6.45) is 2.70. The van der Waals surface area contributed by atoms with E-state index in [2.05, 4.69) is 25.8 Å². The zero-order valence-electron chi connectivity index (χ0n) is 20.0. The molecule has 1 aliphatic heterocycles. The molecule has 3 N–H and O–H groups in total. The predicted octanol–water partition coefficient (Wildman–Crippen LogP) is 5.64. The van der Waals surface area contributed by atoms with E-state index in [-0.39, 0.29) is 28.9 Å². The molecule has 1 saturated carbocycles. The molecule has 0 unspecified atom stereocenters. The van der Waals surface area contributed by atoms with E-state index < -0.39 is 18.3 Å². The molecule has 3 heterocycles. The van der Waals surface area contributed by atoms with Crippen molar-refractivity contribution in [3.8, 4) is 17.0 Å². The van der Waals surface area contributed by atoms with Gasteiger partial charge in [0.1, 0.15) is 11.2 Å². The summed E-state index contributed by atoms with van der Waals surface area (Å²) in [7, 11) is 1.45. The first-order valence-electron chi connectivity index (χ1n) is 11.9. The van der Waals surface area contributed by atoms with Crippen molar-refractivity contribution in [2.45, 2.75) is 51.1 Å². The summed E-state index contributed by atoms with van der Waals surface area (Å²) in [6, 6.07) is 3.53. The van der Waals surface area contributed by atoms with Crippen molar-refractivity contribution in [1.82, 2.24) is 14.6 Å². The van der Waals surface area contributed by atoms with Crippen molar-refractivity contribution in [2.75, 3.05) is 31.0 Å². The molecular formula is C24H28F3N7O2. The average Bonchev–Trinajstić information content (AvgIpc) is 3.18. The summed E-state index contributed by atoms with van der Waals surface area (Å²) in [6.45, 7) is 2.98. The molecule has 1 aliphatic carbocycles. The normalized spacial score (nSPS) is 18.3. The van der Waals surface area contributed by atoms with Crippen LogP contribution in [0.4, 0.5) is 30.5 Å². The number of halogens is 3. The number of alkyl halides is 2. The number of ether oxygens (including phenoxy) is 2. The highest BCUT2D eigenvalue weighted by Gasteiger charge is 2.41. The number of nitrogens with zero attached hydrogens (tertiary/aromatic N) is 4. The Morgan fingerprint density at radius 3 is 2.64 bits per heavy atom. The first-order valence-corrected chi connectivity index (χ1v) is 11.9. The number of nitrogens with one attached hydrogen (secondary N) is 3. The Balaban J connectivity index is 1.46. The molecule has 2 aromatic heterocycles. The van der Waals surface area contributed by atoms with Crippen LogP contribution < -0.4 is 15.4 Å². The van der Waals surface area contributed by atoms with Crippen molar-refractivity contribution in [3.05, 3.63) is 30.2 Å². The second-order valence-electron chi connectivity index (χ2n) is 9.61. The van der Waals surface area contributed by atoms with Crippen LogP contribution >= 0.6 is 0 Å². The minimum atomic E-state index is -2.63. The van der Waals surface area contributed by atoms with Gasteiger partial charge in [-0.1, -0.05) is 6.07 Å². The molecule has 2 fully saturated rings. The maximum absolute atomic E-state index is 15.3. The van der Waals surface area contributed by atoms with Gasteiger partial charge in [-0.25, -0.2) is 23.2 Å². The minimum absolute atomic E-state index is 0.160.